The molecule has 12 radical (unpaired) electrons. The Morgan fingerprint density at radius 2 is 1.27 bits per heavy atom. The van der Waals surface area contributed by atoms with E-state index in [1.54, 1.807) is 6.82 Å². The summed E-state index contributed by atoms with van der Waals surface area (Å²) in [6.45, 7) is 28.2. The van der Waals surface area contributed by atoms with Gasteiger partial charge in [0.15, 0.2) is 0 Å². The van der Waals surface area contributed by atoms with Crippen LogP contribution in [0.4, 0.5) is 0 Å². The van der Waals surface area contributed by atoms with Crippen LogP contribution in [0, 0.1) is 18.9 Å². The minimum absolute atomic E-state index is 0. The van der Waals surface area contributed by atoms with Crippen LogP contribution in [0.15, 0.2) is 79.4 Å². The summed E-state index contributed by atoms with van der Waals surface area (Å²) in [4.78, 5) is 0. The molecular weight excluding hydrogens is 728 g/mol. The Bertz CT molecular complexity index is 2390. The fourth-order valence-corrected chi connectivity index (χ4v) is 7.66. The maximum atomic E-state index is 5.11. The third kappa shape index (κ3) is 9.34. The maximum Gasteiger partial charge on any atom is 0.0606 e. The molecule has 2 unspecified atom stereocenters. The molecule has 0 nitrogen and oxygen atoms in total. The van der Waals surface area contributed by atoms with E-state index >= 15 is 0 Å². The zero-order chi connectivity index (χ0) is 40.4. The molecule has 6 aromatic rings. The second-order valence-electron chi connectivity index (χ2n) is 12.9. The zero-order valence-corrected chi connectivity index (χ0v) is 37.7. The van der Waals surface area contributed by atoms with E-state index in [0.29, 0.717) is 5.92 Å². The zero-order valence-electron chi connectivity index (χ0n) is 34.8. The van der Waals surface area contributed by atoms with E-state index in [1.165, 1.54) is 101 Å². The third-order valence-corrected chi connectivity index (χ3v) is 9.57. The van der Waals surface area contributed by atoms with Gasteiger partial charge in [0.25, 0.3) is 0 Å². The van der Waals surface area contributed by atoms with Crippen LogP contribution in [0.1, 0.15) is 75.3 Å². The van der Waals surface area contributed by atoms with Gasteiger partial charge in [-0.15, -0.1) is 31.4 Å². The van der Waals surface area contributed by atoms with Crippen LogP contribution >= 0.6 is 0 Å². The van der Waals surface area contributed by atoms with Crippen molar-refractivity contribution in [2.45, 2.75) is 74.9 Å². The summed E-state index contributed by atoms with van der Waals surface area (Å²) >= 11 is 0. The minimum atomic E-state index is -0.167. The smallest absolute Gasteiger partial charge is 0.0606 e. The Hall–Kier alpha value is -2.80. The molecule has 0 heterocycles. The van der Waals surface area contributed by atoms with E-state index in [1.807, 2.05) is 54.4 Å². The second kappa shape index (κ2) is 22.2. The predicted molar refractivity (Wildman–Crippen MR) is 257 cm³/mol. The van der Waals surface area contributed by atoms with Gasteiger partial charge < -0.3 is 0 Å². The summed E-state index contributed by atoms with van der Waals surface area (Å²) in [5, 5.41) is 13.1. The summed E-state index contributed by atoms with van der Waals surface area (Å²) in [7, 11) is 25.8. The first-order valence-electron chi connectivity index (χ1n) is 19.5. The Morgan fingerprint density at radius 3 is 1.89 bits per heavy atom. The fraction of sp³-hybridized carbons (Fsp3) is 0.261. The molecule has 0 aromatic heterocycles. The predicted octanol–water partition coefficient (Wildman–Crippen LogP) is 9.67. The van der Waals surface area contributed by atoms with Crippen molar-refractivity contribution in [2.75, 3.05) is 0 Å². The largest absolute Gasteiger partial charge is 0.183 e. The van der Waals surface area contributed by atoms with Crippen molar-refractivity contribution in [3.63, 3.8) is 0 Å². The quantitative estimate of drug-likeness (QED) is 0.0676. The Labute approximate surface area is 366 Å². The number of fused-ring (bicyclic) bond motifs is 6. The molecule has 3 aliphatic carbocycles. The molecule has 0 bridgehead atoms. The summed E-state index contributed by atoms with van der Waals surface area (Å²) in [5.74, 6) is 0.581. The van der Waals surface area contributed by atoms with Crippen molar-refractivity contribution in [1.29, 1.82) is 0 Å². The van der Waals surface area contributed by atoms with Gasteiger partial charge in [-0.1, -0.05) is 138 Å². The molecule has 0 fully saturated rings. The average Bonchev–Trinajstić information content (AvgIpc) is 3.21. The van der Waals surface area contributed by atoms with Gasteiger partial charge in [0.05, 0.1) is 7.85 Å². The van der Waals surface area contributed by atoms with Crippen LogP contribution in [0.3, 0.4) is 0 Å². The summed E-state index contributed by atoms with van der Waals surface area (Å²) in [5.41, 5.74) is 9.27. The first-order valence-corrected chi connectivity index (χ1v) is 19.5. The van der Waals surface area contributed by atoms with Gasteiger partial charge in [-0.3, -0.25) is 0 Å². The van der Waals surface area contributed by atoms with Gasteiger partial charge >= 0.3 is 0 Å². The third-order valence-electron chi connectivity index (χ3n) is 9.57. The van der Waals surface area contributed by atoms with Crippen molar-refractivity contribution in [1.82, 2.24) is 0 Å². The van der Waals surface area contributed by atoms with E-state index in [9.17, 15) is 0 Å². The normalized spacial score (nSPS) is 14.5. The number of hydrogen-bond donors (Lipinski definition) is 0. The molecule has 0 N–H and O–H groups in total. The molecule has 2 atom stereocenters. The Morgan fingerprint density at radius 1 is 0.727 bits per heavy atom. The number of allylic oxidation sites excluding steroid dienone is 4. The SMILES string of the molecule is C=C1c2c[c-]ccc2C2=CC=c3c4c(c5ccc6c(=C)c7cc(C)ccc7c7ccc3c5c67)C=CC1C24.CC.CC.CC.[B]B([B])C.[B]C.[B][B]B([B])C.[Y]. The minimum Gasteiger partial charge on any atom is -0.183 e. The van der Waals surface area contributed by atoms with Crippen molar-refractivity contribution >= 4 is 132 Å². The molecule has 0 amide bonds. The fourth-order valence-electron chi connectivity index (χ4n) is 7.66. The van der Waals surface area contributed by atoms with E-state index in [2.05, 4.69) is 113 Å². The van der Waals surface area contributed by atoms with Crippen molar-refractivity contribution in [2.24, 2.45) is 5.92 Å². The van der Waals surface area contributed by atoms with Crippen LogP contribution in [0.25, 0.3) is 73.0 Å². The van der Waals surface area contributed by atoms with Gasteiger partial charge in [0, 0.05) is 95.5 Å². The van der Waals surface area contributed by atoms with Gasteiger partial charge in [0.1, 0.15) is 0 Å². The summed E-state index contributed by atoms with van der Waals surface area (Å²) in [6.07, 6.45) is 9.51. The Balaban J connectivity index is 0.000000507. The van der Waals surface area contributed by atoms with Crippen LogP contribution in [-0.4, -0.2) is 58.8 Å². The molecule has 3 aliphatic rings. The first-order chi connectivity index (χ1) is 26.1. The van der Waals surface area contributed by atoms with Crippen molar-refractivity contribution in [3.05, 3.63) is 124 Å². The standard InChI is InChI=1S/C37H23.3C2H6.CH3B4.CH3B3.CH3B.Y/c1-19-8-9-26-28-15-17-32-31-16-14-27-25-7-5-4-6-22(25)20(2)23-10-12-29(36(31)34(23)27)30-13-11-24(35(28)37(30)32)21(3)33(26)18-19;3*1-2;1-5(3)4-2;1-4(2)3;1-2;/h5-18,23,34H,2-3H2,1H3;3*1-2H3;1H3;1H3;1H3;/q-1;;;;;;;. The molecule has 9 rings (SSSR count). The first kappa shape index (κ1) is 48.4. The van der Waals surface area contributed by atoms with Crippen LogP contribution in [0.5, 0.6) is 0 Å². The van der Waals surface area contributed by atoms with Gasteiger partial charge in [-0.2, -0.15) is 24.3 Å². The molecule has 0 saturated carbocycles. The summed E-state index contributed by atoms with van der Waals surface area (Å²) < 4.78 is 0. The van der Waals surface area contributed by atoms with E-state index < -0.39 is 0 Å². The molecule has 0 spiro atoms. The molecule has 55 heavy (non-hydrogen) atoms. The molecule has 0 saturated heterocycles. The molecule has 9 heteroatoms. The second-order valence-corrected chi connectivity index (χ2v) is 12.9. The number of rotatable bonds is 1. The average molecular weight is 778 g/mol. The van der Waals surface area contributed by atoms with Gasteiger partial charge in [-0.05, 0) is 71.6 Å². The number of benzene rings is 6. The topological polar surface area (TPSA) is 0 Å². The maximum absolute atomic E-state index is 5.11. The van der Waals surface area contributed by atoms with E-state index in [-0.39, 0.29) is 51.6 Å². The van der Waals surface area contributed by atoms with Crippen LogP contribution < -0.4 is 10.4 Å². The molecule has 262 valence electrons. The monoisotopic (exact) mass is 779 g/mol. The van der Waals surface area contributed by atoms with E-state index in [4.69, 9.17) is 30.9 Å². The number of aryl methyl sites for hydroxylation is 1. The van der Waals surface area contributed by atoms with Gasteiger partial charge in [-0.25, -0.2) is 0 Å². The number of hydrogen-bond acceptors (Lipinski definition) is 0. The Kier molecular flexibility index (Phi) is 19.5. The van der Waals surface area contributed by atoms with Crippen LogP contribution in [0.2, 0.25) is 20.5 Å². The summed E-state index contributed by atoms with van der Waals surface area (Å²) in [6, 6.07) is 25.8. The molecule has 0 aliphatic heterocycles. The van der Waals surface area contributed by atoms with Crippen molar-refractivity contribution < 1.29 is 32.7 Å². The molecule has 6 aromatic carbocycles. The molecular formula is C46H50B8Y-. The van der Waals surface area contributed by atoms with Crippen molar-refractivity contribution in [3.8, 4) is 0 Å². The van der Waals surface area contributed by atoms with Crippen LogP contribution in [-0.2, 0) is 32.7 Å². The van der Waals surface area contributed by atoms with Gasteiger partial charge in [0.2, 0.25) is 0 Å². The van der Waals surface area contributed by atoms with E-state index in [0.717, 1.165) is 5.22 Å².